The number of benzene rings is 1. The van der Waals surface area contributed by atoms with Crippen LogP contribution < -0.4 is 5.32 Å². The minimum absolute atomic E-state index is 0.114. The highest BCUT2D eigenvalue weighted by molar-refractivity contribution is 14.1. The Morgan fingerprint density at radius 2 is 2.04 bits per heavy atom. The topological polar surface area (TPSA) is 45.2 Å². The molecule has 3 rings (SSSR count). The van der Waals surface area contributed by atoms with E-state index in [1.54, 1.807) is 11.3 Å². The zero-order valence-electron chi connectivity index (χ0n) is 13.1. The third-order valence-electron chi connectivity index (χ3n) is 4.12. The molecule has 1 fully saturated rings. The lowest BCUT2D eigenvalue weighted by Crippen LogP contribution is -2.37. The van der Waals surface area contributed by atoms with Gasteiger partial charge in [-0.05, 0) is 79.7 Å². The van der Waals surface area contributed by atoms with E-state index in [-0.39, 0.29) is 11.8 Å². The first-order chi connectivity index (χ1) is 11.1. The molecule has 1 aromatic carbocycles. The fourth-order valence-corrected chi connectivity index (χ4v) is 3.80. The van der Waals surface area contributed by atoms with Gasteiger partial charge in [0, 0.05) is 27.1 Å². The normalized spacial score (nSPS) is 16.4. The standard InChI is InChI=1S/C17H20IN3OS/c1-12-19-16(11-23-12)10-21-8-6-13(7-9-21)17(22)20-15-4-2-14(18)3-5-15/h2-5,11,13H,6-10H2,1H3,(H,20,22). The molecule has 0 atom stereocenters. The molecule has 1 amide bonds. The number of halogens is 1. The van der Waals surface area contributed by atoms with E-state index in [0.717, 1.165) is 48.9 Å². The Bertz CT molecular complexity index is 663. The molecule has 6 heteroatoms. The lowest BCUT2D eigenvalue weighted by Gasteiger charge is -2.30. The fourth-order valence-electron chi connectivity index (χ4n) is 2.84. The minimum Gasteiger partial charge on any atom is -0.326 e. The van der Waals surface area contributed by atoms with Crippen molar-refractivity contribution in [1.29, 1.82) is 0 Å². The number of anilines is 1. The van der Waals surface area contributed by atoms with Crippen LogP contribution in [0.25, 0.3) is 0 Å². The van der Waals surface area contributed by atoms with E-state index in [2.05, 4.69) is 43.2 Å². The first-order valence-electron chi connectivity index (χ1n) is 7.80. The van der Waals surface area contributed by atoms with Crippen molar-refractivity contribution in [2.75, 3.05) is 18.4 Å². The highest BCUT2D eigenvalue weighted by Gasteiger charge is 2.25. The fraction of sp³-hybridized carbons (Fsp3) is 0.412. The van der Waals surface area contributed by atoms with Gasteiger partial charge in [-0.25, -0.2) is 4.98 Å². The average Bonchev–Trinajstić information content (AvgIpc) is 2.95. The summed E-state index contributed by atoms with van der Waals surface area (Å²) in [6.45, 7) is 4.85. The van der Waals surface area contributed by atoms with Crippen LogP contribution in [0, 0.1) is 16.4 Å². The molecular formula is C17H20IN3OS. The Balaban J connectivity index is 1.48. The number of thiazole rings is 1. The maximum absolute atomic E-state index is 12.4. The van der Waals surface area contributed by atoms with Crippen LogP contribution in [-0.2, 0) is 11.3 Å². The van der Waals surface area contributed by atoms with E-state index in [9.17, 15) is 4.79 Å². The molecule has 1 saturated heterocycles. The summed E-state index contributed by atoms with van der Waals surface area (Å²) in [6.07, 6.45) is 1.83. The van der Waals surface area contributed by atoms with Crippen LogP contribution in [0.3, 0.4) is 0 Å². The summed E-state index contributed by atoms with van der Waals surface area (Å²) in [7, 11) is 0. The van der Waals surface area contributed by atoms with Gasteiger partial charge in [-0.2, -0.15) is 0 Å². The number of nitrogens with zero attached hydrogens (tertiary/aromatic N) is 2. The quantitative estimate of drug-likeness (QED) is 0.733. The third-order valence-corrected chi connectivity index (χ3v) is 5.66. The van der Waals surface area contributed by atoms with E-state index in [4.69, 9.17) is 0 Å². The predicted molar refractivity (Wildman–Crippen MR) is 103 cm³/mol. The number of piperidine rings is 1. The summed E-state index contributed by atoms with van der Waals surface area (Å²) in [5, 5.41) is 6.28. The van der Waals surface area contributed by atoms with Crippen molar-refractivity contribution in [3.63, 3.8) is 0 Å². The van der Waals surface area contributed by atoms with Crippen LogP contribution >= 0.6 is 33.9 Å². The second-order valence-corrected chi connectivity index (χ2v) is 8.21. The van der Waals surface area contributed by atoms with Crippen molar-refractivity contribution in [1.82, 2.24) is 9.88 Å². The number of likely N-dealkylation sites (tertiary alicyclic amines) is 1. The van der Waals surface area contributed by atoms with Crippen molar-refractivity contribution in [3.05, 3.63) is 43.9 Å². The maximum atomic E-state index is 12.4. The number of hydrogen-bond acceptors (Lipinski definition) is 4. The van der Waals surface area contributed by atoms with Crippen LogP contribution in [0.1, 0.15) is 23.5 Å². The zero-order valence-corrected chi connectivity index (χ0v) is 16.1. The Morgan fingerprint density at radius 1 is 1.35 bits per heavy atom. The SMILES string of the molecule is Cc1nc(CN2CCC(C(=O)Nc3ccc(I)cc3)CC2)cs1. The third kappa shape index (κ3) is 4.74. The number of nitrogens with one attached hydrogen (secondary N) is 1. The molecular weight excluding hydrogens is 421 g/mol. The van der Waals surface area contributed by atoms with Crippen LogP contribution in [-0.4, -0.2) is 28.9 Å². The van der Waals surface area contributed by atoms with Crippen molar-refractivity contribution in [3.8, 4) is 0 Å². The molecule has 0 unspecified atom stereocenters. The molecule has 0 aliphatic carbocycles. The second-order valence-electron chi connectivity index (χ2n) is 5.90. The number of carbonyl (C=O) groups excluding carboxylic acids is 1. The molecule has 1 aliphatic rings. The highest BCUT2D eigenvalue weighted by atomic mass is 127. The Labute approximate surface area is 154 Å². The van der Waals surface area contributed by atoms with Gasteiger partial charge >= 0.3 is 0 Å². The zero-order chi connectivity index (χ0) is 16.2. The average molecular weight is 441 g/mol. The number of aryl methyl sites for hydroxylation is 1. The van der Waals surface area contributed by atoms with Gasteiger partial charge in [0.15, 0.2) is 0 Å². The summed E-state index contributed by atoms with van der Waals surface area (Å²) in [5.74, 6) is 0.262. The van der Waals surface area contributed by atoms with Gasteiger partial charge in [0.05, 0.1) is 10.7 Å². The van der Waals surface area contributed by atoms with Crippen LogP contribution in [0.15, 0.2) is 29.6 Å². The van der Waals surface area contributed by atoms with E-state index in [1.165, 1.54) is 3.57 Å². The van der Waals surface area contributed by atoms with E-state index < -0.39 is 0 Å². The van der Waals surface area contributed by atoms with Crippen LogP contribution in [0.4, 0.5) is 5.69 Å². The van der Waals surface area contributed by atoms with Gasteiger partial charge in [-0.3, -0.25) is 9.69 Å². The number of rotatable bonds is 4. The molecule has 23 heavy (non-hydrogen) atoms. The first-order valence-corrected chi connectivity index (χ1v) is 9.76. The molecule has 0 bridgehead atoms. The van der Waals surface area contributed by atoms with Gasteiger partial charge in [-0.1, -0.05) is 0 Å². The van der Waals surface area contributed by atoms with E-state index in [1.807, 2.05) is 31.2 Å². The number of amides is 1. The molecule has 1 aromatic heterocycles. The van der Waals surface area contributed by atoms with Gasteiger partial charge in [0.2, 0.25) is 5.91 Å². The van der Waals surface area contributed by atoms with E-state index >= 15 is 0 Å². The van der Waals surface area contributed by atoms with Gasteiger partial charge in [0.1, 0.15) is 0 Å². The Kier molecular flexibility index (Phi) is 5.66. The molecule has 2 aromatic rings. The number of aromatic nitrogens is 1. The molecule has 2 heterocycles. The largest absolute Gasteiger partial charge is 0.326 e. The Morgan fingerprint density at radius 3 is 2.65 bits per heavy atom. The van der Waals surface area contributed by atoms with Gasteiger partial charge in [0.25, 0.3) is 0 Å². The number of hydrogen-bond donors (Lipinski definition) is 1. The van der Waals surface area contributed by atoms with Crippen LogP contribution in [0.5, 0.6) is 0 Å². The summed E-state index contributed by atoms with van der Waals surface area (Å²) < 4.78 is 1.17. The minimum atomic E-state index is 0.114. The van der Waals surface area contributed by atoms with Gasteiger partial charge < -0.3 is 5.32 Å². The van der Waals surface area contributed by atoms with Gasteiger partial charge in [-0.15, -0.1) is 11.3 Å². The lowest BCUT2D eigenvalue weighted by atomic mass is 9.95. The molecule has 0 radical (unpaired) electrons. The molecule has 0 spiro atoms. The van der Waals surface area contributed by atoms with E-state index in [0.29, 0.717) is 0 Å². The second kappa shape index (κ2) is 7.72. The van der Waals surface area contributed by atoms with Crippen molar-refractivity contribution in [2.24, 2.45) is 5.92 Å². The first kappa shape index (κ1) is 16.9. The highest BCUT2D eigenvalue weighted by Crippen LogP contribution is 2.21. The van der Waals surface area contributed by atoms with Crippen molar-refractivity contribution >= 4 is 45.5 Å². The van der Waals surface area contributed by atoms with Crippen LogP contribution in [0.2, 0.25) is 0 Å². The van der Waals surface area contributed by atoms with Crippen molar-refractivity contribution < 1.29 is 4.79 Å². The molecule has 122 valence electrons. The molecule has 1 N–H and O–H groups in total. The Hall–Kier alpha value is -0.990. The monoisotopic (exact) mass is 441 g/mol. The molecule has 0 saturated carbocycles. The lowest BCUT2D eigenvalue weighted by molar-refractivity contribution is -0.121. The smallest absolute Gasteiger partial charge is 0.227 e. The summed E-state index contributed by atoms with van der Waals surface area (Å²) in [5.41, 5.74) is 2.03. The maximum Gasteiger partial charge on any atom is 0.227 e. The van der Waals surface area contributed by atoms with Crippen molar-refractivity contribution in [2.45, 2.75) is 26.3 Å². The molecule has 1 aliphatic heterocycles. The number of carbonyl (C=O) groups is 1. The predicted octanol–water partition coefficient (Wildman–Crippen LogP) is 3.91. The molecule has 4 nitrogen and oxygen atoms in total. The summed E-state index contributed by atoms with van der Waals surface area (Å²) in [4.78, 5) is 19.3. The summed E-state index contributed by atoms with van der Waals surface area (Å²) >= 11 is 3.96. The summed E-state index contributed by atoms with van der Waals surface area (Å²) in [6, 6.07) is 7.93.